The molecule has 0 radical (unpaired) electrons. The molecule has 3 aromatic rings. The standard InChI is InChI=1S/C20H22N2O/c1-14-10-12-16(13-11-14)18-21-17(15-8-6-5-7-9-15)19(23-18)22-20(2,3)4/h5-13,22H,1-4H3. The Hall–Kier alpha value is -2.55. The molecule has 0 fully saturated rings. The molecule has 3 rings (SSSR count). The zero-order valence-corrected chi connectivity index (χ0v) is 14.1. The number of oxazole rings is 1. The number of rotatable bonds is 3. The van der Waals surface area contributed by atoms with Crippen LogP contribution < -0.4 is 5.32 Å². The Balaban J connectivity index is 2.08. The molecular weight excluding hydrogens is 284 g/mol. The Labute approximate surface area is 137 Å². The summed E-state index contributed by atoms with van der Waals surface area (Å²) in [4.78, 5) is 4.74. The maximum atomic E-state index is 6.05. The second kappa shape index (κ2) is 5.92. The highest BCUT2D eigenvalue weighted by atomic mass is 16.4. The minimum Gasteiger partial charge on any atom is -0.420 e. The lowest BCUT2D eigenvalue weighted by Crippen LogP contribution is -2.26. The van der Waals surface area contributed by atoms with Crippen LogP contribution in [0.25, 0.3) is 22.7 Å². The minimum atomic E-state index is -0.104. The van der Waals surface area contributed by atoms with Gasteiger partial charge in [0.1, 0.15) is 5.69 Å². The summed E-state index contributed by atoms with van der Waals surface area (Å²) < 4.78 is 6.05. The molecule has 0 spiro atoms. The third-order valence-electron chi connectivity index (χ3n) is 3.46. The number of hydrogen-bond acceptors (Lipinski definition) is 3. The highest BCUT2D eigenvalue weighted by molar-refractivity contribution is 5.74. The Morgan fingerprint density at radius 3 is 2.13 bits per heavy atom. The van der Waals surface area contributed by atoms with Crippen LogP contribution in [0.3, 0.4) is 0 Å². The number of nitrogens with zero attached hydrogens (tertiary/aromatic N) is 1. The number of aromatic nitrogens is 1. The van der Waals surface area contributed by atoms with Crippen molar-refractivity contribution >= 4 is 5.88 Å². The summed E-state index contributed by atoms with van der Waals surface area (Å²) in [5, 5.41) is 3.42. The predicted molar refractivity (Wildman–Crippen MR) is 95.5 cm³/mol. The number of anilines is 1. The van der Waals surface area contributed by atoms with Gasteiger partial charge in [-0.1, -0.05) is 48.0 Å². The van der Waals surface area contributed by atoms with Gasteiger partial charge >= 0.3 is 0 Å². The summed E-state index contributed by atoms with van der Waals surface area (Å²) in [6.45, 7) is 8.39. The first-order valence-electron chi connectivity index (χ1n) is 7.84. The molecule has 1 N–H and O–H groups in total. The smallest absolute Gasteiger partial charge is 0.229 e. The highest BCUT2D eigenvalue weighted by Crippen LogP contribution is 2.34. The van der Waals surface area contributed by atoms with E-state index in [1.54, 1.807) is 0 Å². The molecule has 0 aliphatic heterocycles. The first kappa shape index (κ1) is 15.3. The second-order valence-corrected chi connectivity index (χ2v) is 6.80. The summed E-state index contributed by atoms with van der Waals surface area (Å²) in [6.07, 6.45) is 0. The van der Waals surface area contributed by atoms with Gasteiger partial charge in [0, 0.05) is 16.7 Å². The second-order valence-electron chi connectivity index (χ2n) is 6.80. The van der Waals surface area contributed by atoms with Crippen molar-refractivity contribution in [1.29, 1.82) is 0 Å². The fourth-order valence-electron chi connectivity index (χ4n) is 2.36. The minimum absolute atomic E-state index is 0.104. The van der Waals surface area contributed by atoms with E-state index >= 15 is 0 Å². The quantitative estimate of drug-likeness (QED) is 0.691. The summed E-state index contributed by atoms with van der Waals surface area (Å²) in [5.41, 5.74) is 3.98. The highest BCUT2D eigenvalue weighted by Gasteiger charge is 2.20. The van der Waals surface area contributed by atoms with Crippen LogP contribution in [-0.2, 0) is 0 Å². The lowest BCUT2D eigenvalue weighted by Gasteiger charge is -2.20. The van der Waals surface area contributed by atoms with E-state index in [-0.39, 0.29) is 5.54 Å². The fraction of sp³-hybridized carbons (Fsp3) is 0.250. The van der Waals surface area contributed by atoms with Crippen LogP contribution >= 0.6 is 0 Å². The molecule has 118 valence electrons. The van der Waals surface area contributed by atoms with Crippen molar-refractivity contribution in [2.24, 2.45) is 0 Å². The molecule has 3 nitrogen and oxygen atoms in total. The summed E-state index contributed by atoms with van der Waals surface area (Å²) in [7, 11) is 0. The Bertz CT molecular complexity index is 781. The van der Waals surface area contributed by atoms with Gasteiger partial charge in [-0.25, -0.2) is 4.98 Å². The largest absolute Gasteiger partial charge is 0.420 e. The van der Waals surface area contributed by atoms with E-state index in [2.05, 4.69) is 45.1 Å². The average molecular weight is 306 g/mol. The van der Waals surface area contributed by atoms with Gasteiger partial charge < -0.3 is 9.73 Å². The van der Waals surface area contributed by atoms with Crippen molar-refractivity contribution < 1.29 is 4.42 Å². The van der Waals surface area contributed by atoms with Crippen LogP contribution in [0.15, 0.2) is 59.0 Å². The van der Waals surface area contributed by atoms with Crippen molar-refractivity contribution in [3.63, 3.8) is 0 Å². The normalized spacial score (nSPS) is 11.5. The molecule has 0 aliphatic carbocycles. The van der Waals surface area contributed by atoms with E-state index < -0.39 is 0 Å². The molecule has 23 heavy (non-hydrogen) atoms. The number of nitrogens with one attached hydrogen (secondary N) is 1. The molecule has 1 heterocycles. The third-order valence-corrected chi connectivity index (χ3v) is 3.46. The molecule has 0 aliphatic rings. The zero-order chi connectivity index (χ0) is 16.4. The van der Waals surface area contributed by atoms with E-state index in [0.717, 1.165) is 16.8 Å². The van der Waals surface area contributed by atoms with Gasteiger partial charge in [0.25, 0.3) is 0 Å². The third kappa shape index (κ3) is 3.62. The van der Waals surface area contributed by atoms with E-state index in [9.17, 15) is 0 Å². The first-order valence-corrected chi connectivity index (χ1v) is 7.84. The van der Waals surface area contributed by atoms with E-state index in [1.807, 2.05) is 42.5 Å². The molecule has 1 aromatic heterocycles. The van der Waals surface area contributed by atoms with E-state index in [4.69, 9.17) is 9.40 Å². The van der Waals surface area contributed by atoms with Crippen LogP contribution in [0, 0.1) is 6.92 Å². The van der Waals surface area contributed by atoms with Gasteiger partial charge in [0.2, 0.25) is 11.8 Å². The molecule has 0 bridgehead atoms. The van der Waals surface area contributed by atoms with E-state index in [1.165, 1.54) is 5.56 Å². The lowest BCUT2D eigenvalue weighted by atomic mass is 10.1. The van der Waals surface area contributed by atoms with Crippen LogP contribution in [0.5, 0.6) is 0 Å². The number of aryl methyl sites for hydroxylation is 1. The van der Waals surface area contributed by atoms with Crippen LogP contribution in [-0.4, -0.2) is 10.5 Å². The van der Waals surface area contributed by atoms with Crippen molar-refractivity contribution in [3.8, 4) is 22.7 Å². The summed E-state index contributed by atoms with van der Waals surface area (Å²) in [6, 6.07) is 18.3. The van der Waals surface area contributed by atoms with Gasteiger partial charge in [-0.3, -0.25) is 0 Å². The van der Waals surface area contributed by atoms with Crippen molar-refractivity contribution in [1.82, 2.24) is 4.98 Å². The Morgan fingerprint density at radius 2 is 1.52 bits per heavy atom. The average Bonchev–Trinajstić information content (AvgIpc) is 2.90. The summed E-state index contributed by atoms with van der Waals surface area (Å²) in [5.74, 6) is 1.34. The molecule has 0 atom stereocenters. The van der Waals surface area contributed by atoms with Crippen LogP contribution in [0.1, 0.15) is 26.3 Å². The fourth-order valence-corrected chi connectivity index (χ4v) is 2.36. The van der Waals surface area contributed by atoms with Gasteiger partial charge in [-0.15, -0.1) is 0 Å². The molecule has 0 saturated carbocycles. The summed E-state index contributed by atoms with van der Waals surface area (Å²) >= 11 is 0. The molecule has 3 heteroatoms. The zero-order valence-electron chi connectivity index (χ0n) is 14.1. The molecule has 2 aromatic carbocycles. The van der Waals surface area contributed by atoms with Gasteiger partial charge in [0.15, 0.2) is 0 Å². The topological polar surface area (TPSA) is 38.1 Å². The number of hydrogen-bond donors (Lipinski definition) is 1. The maximum Gasteiger partial charge on any atom is 0.229 e. The van der Waals surface area contributed by atoms with Gasteiger partial charge in [0.05, 0.1) is 0 Å². The predicted octanol–water partition coefficient (Wildman–Crippen LogP) is 5.53. The molecule has 0 saturated heterocycles. The van der Waals surface area contributed by atoms with Crippen molar-refractivity contribution in [2.75, 3.05) is 5.32 Å². The maximum absolute atomic E-state index is 6.05. The lowest BCUT2D eigenvalue weighted by molar-refractivity contribution is 0.545. The van der Waals surface area contributed by atoms with Crippen molar-refractivity contribution in [2.45, 2.75) is 33.2 Å². The van der Waals surface area contributed by atoms with E-state index in [0.29, 0.717) is 11.8 Å². The Kier molecular flexibility index (Phi) is 3.95. The Morgan fingerprint density at radius 1 is 0.870 bits per heavy atom. The van der Waals surface area contributed by atoms with Crippen LogP contribution in [0.4, 0.5) is 5.88 Å². The molecule has 0 amide bonds. The van der Waals surface area contributed by atoms with Crippen molar-refractivity contribution in [3.05, 3.63) is 60.2 Å². The van der Waals surface area contributed by atoms with Crippen LogP contribution in [0.2, 0.25) is 0 Å². The molecular formula is C20H22N2O. The molecule has 0 unspecified atom stereocenters. The first-order chi connectivity index (χ1) is 10.9. The van der Waals surface area contributed by atoms with Gasteiger partial charge in [-0.2, -0.15) is 0 Å². The number of benzene rings is 2. The SMILES string of the molecule is Cc1ccc(-c2nc(-c3ccccc3)c(NC(C)(C)C)o2)cc1. The van der Waals surface area contributed by atoms with Gasteiger partial charge in [-0.05, 0) is 39.8 Å². The monoisotopic (exact) mass is 306 g/mol.